The summed E-state index contributed by atoms with van der Waals surface area (Å²) in [4.78, 5) is 0. The summed E-state index contributed by atoms with van der Waals surface area (Å²) < 4.78 is 24.2. The third-order valence-corrected chi connectivity index (χ3v) is 5.73. The van der Waals surface area contributed by atoms with E-state index in [0.29, 0.717) is 25.7 Å². The molecule has 0 spiro atoms. The molecule has 0 saturated carbocycles. The lowest BCUT2D eigenvalue weighted by Gasteiger charge is -2.08. The number of hydrogen-bond donors (Lipinski definition) is 2. The Kier molecular flexibility index (Phi) is 6.04. The van der Waals surface area contributed by atoms with Crippen molar-refractivity contribution < 1.29 is 8.42 Å². The zero-order chi connectivity index (χ0) is 16.7. The number of para-hydroxylation sites is 2. The Morgan fingerprint density at radius 1 is 0.696 bits per heavy atom. The third-order valence-electron chi connectivity index (χ3n) is 3.91. The van der Waals surface area contributed by atoms with E-state index in [9.17, 15) is 8.42 Å². The molecular formula is C18H24N2O2S. The van der Waals surface area contributed by atoms with Crippen LogP contribution in [0.15, 0.2) is 48.5 Å². The first-order valence-electron chi connectivity index (χ1n) is 7.85. The summed E-state index contributed by atoms with van der Waals surface area (Å²) in [5, 5.41) is 0. The van der Waals surface area contributed by atoms with E-state index in [0.717, 1.165) is 22.5 Å². The van der Waals surface area contributed by atoms with Gasteiger partial charge in [0.1, 0.15) is 9.84 Å². The van der Waals surface area contributed by atoms with Crippen molar-refractivity contribution >= 4 is 21.2 Å². The highest BCUT2D eigenvalue weighted by atomic mass is 32.2. The number of benzene rings is 2. The highest BCUT2D eigenvalue weighted by Crippen LogP contribution is 2.15. The van der Waals surface area contributed by atoms with Gasteiger partial charge in [-0.3, -0.25) is 0 Å². The maximum absolute atomic E-state index is 12.1. The van der Waals surface area contributed by atoms with Crippen molar-refractivity contribution in [3.63, 3.8) is 0 Å². The second-order valence-electron chi connectivity index (χ2n) is 5.76. The fourth-order valence-electron chi connectivity index (χ4n) is 2.59. The molecule has 0 fully saturated rings. The Morgan fingerprint density at radius 3 is 1.48 bits per heavy atom. The number of sulfone groups is 1. The Labute approximate surface area is 138 Å². The number of rotatable bonds is 8. The Bertz CT molecular complexity index is 685. The van der Waals surface area contributed by atoms with Gasteiger partial charge in [-0.1, -0.05) is 36.4 Å². The van der Waals surface area contributed by atoms with Crippen molar-refractivity contribution in [2.24, 2.45) is 0 Å². The smallest absolute Gasteiger partial charge is 0.150 e. The fraction of sp³-hybridized carbons (Fsp3) is 0.333. The molecule has 2 aromatic carbocycles. The van der Waals surface area contributed by atoms with Gasteiger partial charge in [-0.05, 0) is 48.9 Å². The second kappa shape index (κ2) is 8.02. The molecule has 0 aliphatic carbocycles. The molecule has 0 aromatic heterocycles. The summed E-state index contributed by atoms with van der Waals surface area (Å²) in [6, 6.07) is 15.2. The molecule has 4 N–H and O–H groups in total. The Morgan fingerprint density at radius 2 is 1.09 bits per heavy atom. The lowest BCUT2D eigenvalue weighted by molar-refractivity contribution is 0.590. The summed E-state index contributed by atoms with van der Waals surface area (Å²) in [6.07, 6.45) is 2.59. The van der Waals surface area contributed by atoms with E-state index in [1.54, 1.807) is 0 Å². The van der Waals surface area contributed by atoms with E-state index in [1.165, 1.54) is 0 Å². The van der Waals surface area contributed by atoms with Gasteiger partial charge in [0.05, 0.1) is 11.5 Å². The van der Waals surface area contributed by atoms with Crippen LogP contribution in [-0.2, 0) is 22.7 Å². The standard InChI is InChI=1S/C18H24N2O2S/c19-17-11-3-1-7-15(17)9-5-13-23(21,22)14-6-10-16-8-2-4-12-18(16)20/h1-4,7-8,11-12H,5-6,9-10,13-14,19-20H2. The van der Waals surface area contributed by atoms with Crippen molar-refractivity contribution in [2.75, 3.05) is 23.0 Å². The van der Waals surface area contributed by atoms with Crippen molar-refractivity contribution in [3.05, 3.63) is 59.7 Å². The number of hydrogen-bond acceptors (Lipinski definition) is 4. The van der Waals surface area contributed by atoms with Crippen molar-refractivity contribution in [3.8, 4) is 0 Å². The van der Waals surface area contributed by atoms with Crippen LogP contribution in [-0.4, -0.2) is 19.9 Å². The molecule has 0 amide bonds. The first-order chi connectivity index (χ1) is 11.0. The number of anilines is 2. The van der Waals surface area contributed by atoms with Gasteiger partial charge in [0.2, 0.25) is 0 Å². The summed E-state index contributed by atoms with van der Waals surface area (Å²) >= 11 is 0. The van der Waals surface area contributed by atoms with E-state index < -0.39 is 9.84 Å². The van der Waals surface area contributed by atoms with Gasteiger partial charge < -0.3 is 11.5 Å². The second-order valence-corrected chi connectivity index (χ2v) is 8.06. The number of aryl methyl sites for hydroxylation is 2. The van der Waals surface area contributed by atoms with Crippen LogP contribution in [0.1, 0.15) is 24.0 Å². The molecule has 23 heavy (non-hydrogen) atoms. The molecule has 0 atom stereocenters. The van der Waals surface area contributed by atoms with E-state index in [2.05, 4.69) is 0 Å². The molecule has 0 heterocycles. The van der Waals surface area contributed by atoms with Crippen molar-refractivity contribution in [2.45, 2.75) is 25.7 Å². The monoisotopic (exact) mass is 332 g/mol. The van der Waals surface area contributed by atoms with Gasteiger partial charge in [0.25, 0.3) is 0 Å². The van der Waals surface area contributed by atoms with Crippen LogP contribution < -0.4 is 11.5 Å². The van der Waals surface area contributed by atoms with Gasteiger partial charge >= 0.3 is 0 Å². The zero-order valence-electron chi connectivity index (χ0n) is 13.2. The molecule has 124 valence electrons. The molecule has 5 heteroatoms. The first kappa shape index (κ1) is 17.3. The van der Waals surface area contributed by atoms with Crippen LogP contribution in [0.3, 0.4) is 0 Å². The predicted molar refractivity (Wildman–Crippen MR) is 97.0 cm³/mol. The average Bonchev–Trinajstić information content (AvgIpc) is 2.51. The SMILES string of the molecule is Nc1ccccc1CCCS(=O)(=O)CCCc1ccccc1N. The molecule has 2 aromatic rings. The van der Waals surface area contributed by atoms with Gasteiger partial charge in [-0.25, -0.2) is 8.42 Å². The van der Waals surface area contributed by atoms with Gasteiger partial charge in [0.15, 0.2) is 0 Å². The highest BCUT2D eigenvalue weighted by molar-refractivity contribution is 7.91. The fourth-order valence-corrected chi connectivity index (χ4v) is 3.96. The molecule has 0 bridgehead atoms. The Balaban J connectivity index is 1.76. The number of nitrogen functional groups attached to an aromatic ring is 2. The van der Waals surface area contributed by atoms with Gasteiger partial charge in [-0.2, -0.15) is 0 Å². The zero-order valence-corrected chi connectivity index (χ0v) is 14.1. The van der Waals surface area contributed by atoms with Crippen LogP contribution in [0.2, 0.25) is 0 Å². The minimum atomic E-state index is -3.03. The first-order valence-corrected chi connectivity index (χ1v) is 9.67. The van der Waals surface area contributed by atoms with E-state index in [4.69, 9.17) is 11.5 Å². The van der Waals surface area contributed by atoms with Crippen molar-refractivity contribution in [1.29, 1.82) is 0 Å². The predicted octanol–water partition coefficient (Wildman–Crippen LogP) is 2.83. The molecule has 0 radical (unpaired) electrons. The molecule has 2 rings (SSSR count). The van der Waals surface area contributed by atoms with Gasteiger partial charge in [0, 0.05) is 11.4 Å². The van der Waals surface area contributed by atoms with E-state index >= 15 is 0 Å². The summed E-state index contributed by atoms with van der Waals surface area (Å²) in [7, 11) is -3.03. The van der Waals surface area contributed by atoms with Crippen LogP contribution in [0.25, 0.3) is 0 Å². The van der Waals surface area contributed by atoms with Crippen molar-refractivity contribution in [1.82, 2.24) is 0 Å². The summed E-state index contributed by atoms with van der Waals surface area (Å²) in [6.45, 7) is 0. The van der Waals surface area contributed by atoms with E-state index in [1.807, 2.05) is 48.5 Å². The normalized spacial score (nSPS) is 11.5. The maximum Gasteiger partial charge on any atom is 0.150 e. The number of nitrogens with two attached hydrogens (primary N) is 2. The lowest BCUT2D eigenvalue weighted by Crippen LogP contribution is -2.13. The van der Waals surface area contributed by atoms with E-state index in [-0.39, 0.29) is 11.5 Å². The molecule has 0 aliphatic rings. The molecule has 0 unspecified atom stereocenters. The molecule has 0 saturated heterocycles. The minimum Gasteiger partial charge on any atom is -0.399 e. The maximum atomic E-state index is 12.1. The topological polar surface area (TPSA) is 86.2 Å². The van der Waals surface area contributed by atoms with Crippen LogP contribution in [0.5, 0.6) is 0 Å². The van der Waals surface area contributed by atoms with Crippen LogP contribution >= 0.6 is 0 Å². The quantitative estimate of drug-likeness (QED) is 0.728. The Hall–Kier alpha value is -2.01. The largest absolute Gasteiger partial charge is 0.399 e. The van der Waals surface area contributed by atoms with Crippen LogP contribution in [0.4, 0.5) is 11.4 Å². The average molecular weight is 332 g/mol. The third kappa shape index (κ3) is 5.60. The van der Waals surface area contributed by atoms with Crippen LogP contribution in [0, 0.1) is 0 Å². The highest BCUT2D eigenvalue weighted by Gasteiger charge is 2.11. The lowest BCUT2D eigenvalue weighted by atomic mass is 10.1. The molecular weight excluding hydrogens is 308 g/mol. The molecule has 0 aliphatic heterocycles. The minimum absolute atomic E-state index is 0.200. The summed E-state index contributed by atoms with van der Waals surface area (Å²) in [5.41, 5.74) is 15.2. The molecule has 4 nitrogen and oxygen atoms in total. The summed E-state index contributed by atoms with van der Waals surface area (Å²) in [5.74, 6) is 0.400. The van der Waals surface area contributed by atoms with Gasteiger partial charge in [-0.15, -0.1) is 0 Å².